The molecule has 1 unspecified atom stereocenters. The van der Waals surface area contributed by atoms with Crippen molar-refractivity contribution < 1.29 is 28.9 Å². The van der Waals surface area contributed by atoms with Crippen LogP contribution in [0, 0.1) is 0 Å². The van der Waals surface area contributed by atoms with Gasteiger partial charge in [-0.3, -0.25) is 9.36 Å². The second kappa shape index (κ2) is 9.89. The Morgan fingerprint density at radius 1 is 1.28 bits per heavy atom. The number of hydrogen-bond donors (Lipinski definition) is 4. The Hall–Kier alpha value is -4.28. The number of aromatic nitrogens is 6. The van der Waals surface area contributed by atoms with Crippen molar-refractivity contribution in [3.05, 3.63) is 86.7 Å². The molecule has 7 rings (SSSR count). The number of carboxylic acids is 1. The second-order valence-corrected chi connectivity index (χ2v) is 11.3. The second-order valence-electron chi connectivity index (χ2n) is 10.3. The standard InChI is InChI=1S/C27H21ClFN7O6S/c28-25-34-20(30)16-21(35-25)36(10-32-16)23-17(29)27(40)18(41-23)19(27)42-26(24(38)39,15-9-43-11-33-15)8-12-3-5-13(6-4-12)14-2-1-7-31-22(14)37/h1-7,9-11,17-19,23,40H,8H2,(H,31,37)(H,38,39)(H2,30,34,35)/t17-,18-,19?,23-,26+,27+/m1/s1. The normalized spacial score (nSPS) is 25.8. The first kappa shape index (κ1) is 27.5. The minimum absolute atomic E-state index is 0.00894. The number of benzene rings is 1. The molecule has 1 saturated heterocycles. The number of aliphatic hydroxyl groups is 1. The van der Waals surface area contributed by atoms with Gasteiger partial charge in [-0.15, -0.1) is 11.3 Å². The van der Waals surface area contributed by atoms with Gasteiger partial charge in [0, 0.05) is 23.6 Å². The Morgan fingerprint density at radius 3 is 2.72 bits per heavy atom. The van der Waals surface area contributed by atoms with Gasteiger partial charge in [-0.05, 0) is 34.9 Å². The van der Waals surface area contributed by atoms with Crippen molar-refractivity contribution in [3.63, 3.8) is 0 Å². The fourth-order valence-electron chi connectivity index (χ4n) is 5.53. The van der Waals surface area contributed by atoms with Crippen molar-refractivity contribution in [2.24, 2.45) is 0 Å². The molecule has 2 fully saturated rings. The molecule has 1 aromatic carbocycles. The van der Waals surface area contributed by atoms with E-state index in [9.17, 15) is 19.8 Å². The molecule has 6 atom stereocenters. The summed E-state index contributed by atoms with van der Waals surface area (Å²) in [4.78, 5) is 43.9. The largest absolute Gasteiger partial charge is 0.479 e. The van der Waals surface area contributed by atoms with E-state index in [-0.39, 0.29) is 39.9 Å². The van der Waals surface area contributed by atoms with Gasteiger partial charge in [0.1, 0.15) is 17.7 Å². The zero-order valence-electron chi connectivity index (χ0n) is 21.8. The number of fused-ring (bicyclic) bond motifs is 2. The fraction of sp³-hybridized carbons (Fsp3) is 0.259. The topological polar surface area (TPSA) is 191 Å². The number of aromatic amines is 1. The lowest BCUT2D eigenvalue weighted by molar-refractivity contribution is -0.183. The average Bonchev–Trinajstić information content (AvgIpc) is 3.48. The number of anilines is 1. The Balaban J connectivity index is 1.18. The monoisotopic (exact) mass is 625 g/mol. The number of nitrogens with two attached hydrogens (primary N) is 1. The Kier molecular flexibility index (Phi) is 6.33. The summed E-state index contributed by atoms with van der Waals surface area (Å²) in [5.74, 6) is -1.39. The zero-order valence-corrected chi connectivity index (χ0v) is 23.4. The van der Waals surface area contributed by atoms with E-state index >= 15 is 4.39 Å². The first-order valence-corrected chi connectivity index (χ1v) is 14.2. The van der Waals surface area contributed by atoms with Gasteiger partial charge in [0.15, 0.2) is 29.5 Å². The molecule has 1 aliphatic carbocycles. The smallest absolute Gasteiger partial charge is 0.342 e. The maximum absolute atomic E-state index is 15.9. The number of pyridine rings is 1. The Labute approximate surface area is 249 Å². The molecule has 220 valence electrons. The molecule has 5 aromatic rings. The summed E-state index contributed by atoms with van der Waals surface area (Å²) in [5.41, 5.74) is 4.76. The minimum Gasteiger partial charge on any atom is -0.479 e. The van der Waals surface area contributed by atoms with Crippen LogP contribution in [0.15, 0.2) is 64.6 Å². The van der Waals surface area contributed by atoms with Crippen molar-refractivity contribution in [2.75, 3.05) is 5.73 Å². The van der Waals surface area contributed by atoms with Gasteiger partial charge in [0.05, 0.1) is 17.5 Å². The number of nitrogens with zero attached hydrogens (tertiary/aromatic N) is 5. The van der Waals surface area contributed by atoms with Crippen LogP contribution in [0.1, 0.15) is 17.5 Å². The van der Waals surface area contributed by atoms with E-state index in [0.717, 1.165) is 11.3 Å². The van der Waals surface area contributed by atoms with Crippen LogP contribution in [0.2, 0.25) is 5.28 Å². The molecule has 1 saturated carbocycles. The average molecular weight is 626 g/mol. The van der Waals surface area contributed by atoms with Gasteiger partial charge >= 0.3 is 5.97 Å². The van der Waals surface area contributed by atoms with E-state index < -0.39 is 41.8 Å². The predicted molar refractivity (Wildman–Crippen MR) is 151 cm³/mol. The van der Waals surface area contributed by atoms with Crippen LogP contribution in [0.3, 0.4) is 0 Å². The summed E-state index contributed by atoms with van der Waals surface area (Å²) in [6.45, 7) is 0. The number of imidazole rings is 1. The van der Waals surface area contributed by atoms with Gasteiger partial charge in [-0.25, -0.2) is 19.2 Å². The molecule has 13 nitrogen and oxygen atoms in total. The summed E-state index contributed by atoms with van der Waals surface area (Å²) in [6.07, 6.45) is -3.40. The van der Waals surface area contributed by atoms with Gasteiger partial charge in [-0.1, -0.05) is 24.3 Å². The summed E-state index contributed by atoms with van der Waals surface area (Å²) in [7, 11) is 0. The summed E-state index contributed by atoms with van der Waals surface area (Å²) < 4.78 is 29.1. The number of nitrogens with one attached hydrogen (secondary N) is 1. The van der Waals surface area contributed by atoms with Crippen molar-refractivity contribution in [2.45, 2.75) is 42.2 Å². The molecule has 0 bridgehead atoms. The third-order valence-electron chi connectivity index (χ3n) is 7.81. The third kappa shape index (κ3) is 4.23. The number of thiazole rings is 1. The van der Waals surface area contributed by atoms with Gasteiger partial charge in [0.2, 0.25) is 10.9 Å². The summed E-state index contributed by atoms with van der Waals surface area (Å²) in [6, 6.07) is 10.1. The predicted octanol–water partition coefficient (Wildman–Crippen LogP) is 2.46. The summed E-state index contributed by atoms with van der Waals surface area (Å²) >= 11 is 7.09. The zero-order chi connectivity index (χ0) is 30.1. The molecule has 5 heterocycles. The molecule has 2 aliphatic rings. The molecular formula is C27H21ClFN7O6S. The highest BCUT2D eigenvalue weighted by molar-refractivity contribution is 7.07. The lowest BCUT2D eigenvalue weighted by atomic mass is 9.90. The van der Waals surface area contributed by atoms with E-state index in [1.54, 1.807) is 36.4 Å². The number of H-pyrrole nitrogens is 1. The van der Waals surface area contributed by atoms with Crippen molar-refractivity contribution in [3.8, 4) is 11.1 Å². The number of rotatable bonds is 8. The Morgan fingerprint density at radius 2 is 2.07 bits per heavy atom. The lowest BCUT2D eigenvalue weighted by Crippen LogP contribution is -2.45. The van der Waals surface area contributed by atoms with Crippen LogP contribution in [-0.4, -0.2) is 69.7 Å². The molecule has 4 aromatic heterocycles. The summed E-state index contributed by atoms with van der Waals surface area (Å²) in [5, 5.41) is 23.2. The van der Waals surface area contributed by atoms with Crippen molar-refractivity contribution in [1.29, 1.82) is 0 Å². The van der Waals surface area contributed by atoms with Crippen LogP contribution in [0.4, 0.5) is 10.2 Å². The van der Waals surface area contributed by atoms with E-state index in [1.807, 2.05) is 0 Å². The molecule has 43 heavy (non-hydrogen) atoms. The highest BCUT2D eigenvalue weighted by Crippen LogP contribution is 2.58. The molecular weight excluding hydrogens is 605 g/mol. The number of aliphatic carboxylic acids is 1. The van der Waals surface area contributed by atoms with Crippen LogP contribution < -0.4 is 11.3 Å². The number of carbonyl (C=O) groups is 1. The number of ether oxygens (including phenoxy) is 2. The van der Waals surface area contributed by atoms with Gasteiger partial charge in [-0.2, -0.15) is 9.97 Å². The number of halogens is 2. The van der Waals surface area contributed by atoms with E-state index in [1.165, 1.54) is 28.0 Å². The SMILES string of the molecule is Nc1nc(Cl)nc2c1ncn2[C@@H]1O[C@@H]2C(O[C@](Cc3ccc(-c4ccc[nH]c4=O)cc3)(C(=O)O)c3cscn3)[C@]2(O)[C@@H]1F. The minimum atomic E-state index is -2.17. The maximum atomic E-state index is 15.9. The lowest BCUT2D eigenvalue weighted by Gasteiger charge is -2.31. The van der Waals surface area contributed by atoms with Crippen LogP contribution in [0.5, 0.6) is 0 Å². The molecule has 16 heteroatoms. The Bertz CT molecular complexity index is 1920. The number of nitrogen functional groups attached to an aromatic ring is 1. The van der Waals surface area contributed by atoms with E-state index in [4.69, 9.17) is 26.8 Å². The van der Waals surface area contributed by atoms with E-state index in [0.29, 0.717) is 16.7 Å². The highest BCUT2D eigenvalue weighted by Gasteiger charge is 2.80. The van der Waals surface area contributed by atoms with Crippen molar-refractivity contribution >= 4 is 45.9 Å². The van der Waals surface area contributed by atoms with Gasteiger partial charge < -0.3 is 30.4 Å². The van der Waals surface area contributed by atoms with Crippen LogP contribution in [0.25, 0.3) is 22.3 Å². The fourth-order valence-corrected chi connectivity index (χ4v) is 6.31. The first-order chi connectivity index (χ1) is 20.6. The maximum Gasteiger partial charge on any atom is 0.342 e. The molecule has 1 aliphatic heterocycles. The molecule has 0 radical (unpaired) electrons. The third-order valence-corrected chi connectivity index (χ3v) is 8.56. The number of carboxylic acid groups (broad SMARTS) is 1. The molecule has 0 amide bonds. The van der Waals surface area contributed by atoms with Gasteiger partial charge in [0.25, 0.3) is 5.56 Å². The van der Waals surface area contributed by atoms with Crippen LogP contribution >= 0.6 is 22.9 Å². The van der Waals surface area contributed by atoms with Crippen molar-refractivity contribution in [1.82, 2.24) is 29.5 Å². The highest BCUT2D eigenvalue weighted by atomic mass is 35.5. The first-order valence-electron chi connectivity index (χ1n) is 12.9. The molecule has 5 N–H and O–H groups in total. The number of alkyl halides is 1. The molecule has 0 spiro atoms. The van der Waals surface area contributed by atoms with E-state index in [2.05, 4.69) is 24.9 Å². The van der Waals surface area contributed by atoms with Crippen LogP contribution in [-0.2, 0) is 26.3 Å². The quantitative estimate of drug-likeness (QED) is 0.185. The number of hydrogen-bond acceptors (Lipinski definition) is 11.